The van der Waals surface area contributed by atoms with Crippen molar-refractivity contribution < 1.29 is 22.1 Å². The molecule has 2 N–H and O–H groups in total. The van der Waals surface area contributed by atoms with E-state index in [0.717, 1.165) is 11.1 Å². The van der Waals surface area contributed by atoms with E-state index < -0.39 is 16.3 Å². The largest absolute Gasteiger partial charge is 0.461 e. The van der Waals surface area contributed by atoms with Crippen molar-refractivity contribution in [1.82, 2.24) is 0 Å². The molecule has 146 valence electrons. The normalized spacial score (nSPS) is 12.5. The second kappa shape index (κ2) is 10.2. The van der Waals surface area contributed by atoms with Crippen molar-refractivity contribution in [3.8, 4) is 0 Å². The summed E-state index contributed by atoms with van der Waals surface area (Å²) < 4.78 is 34.5. The van der Waals surface area contributed by atoms with Gasteiger partial charge in [0, 0.05) is 6.42 Å². The maximum atomic E-state index is 12.1. The average molecular weight is 391 g/mol. The highest BCUT2D eigenvalue weighted by Gasteiger charge is 2.19. The number of aryl methyl sites for hydroxylation is 1. The van der Waals surface area contributed by atoms with E-state index >= 15 is 0 Å². The molecule has 0 heterocycles. The van der Waals surface area contributed by atoms with Gasteiger partial charge >= 0.3 is 5.97 Å². The van der Waals surface area contributed by atoms with Crippen LogP contribution in [0.2, 0.25) is 0 Å². The van der Waals surface area contributed by atoms with Crippen LogP contribution in [0.1, 0.15) is 36.8 Å². The van der Waals surface area contributed by atoms with Crippen LogP contribution in [-0.2, 0) is 30.4 Å². The minimum Gasteiger partial charge on any atom is -0.461 e. The van der Waals surface area contributed by atoms with Gasteiger partial charge in [-0.15, -0.1) is 0 Å². The van der Waals surface area contributed by atoms with E-state index in [1.807, 2.05) is 37.3 Å². The highest BCUT2D eigenvalue weighted by molar-refractivity contribution is 7.86. The first-order chi connectivity index (χ1) is 12.9. The number of rotatable bonds is 10. The Balaban J connectivity index is 1.66. The average Bonchev–Trinajstić information content (AvgIpc) is 2.64. The number of hydrogen-bond donors (Lipinski definition) is 1. The van der Waals surface area contributed by atoms with Crippen LogP contribution in [0.25, 0.3) is 0 Å². The second-order valence-corrected chi connectivity index (χ2v) is 7.87. The minimum absolute atomic E-state index is 0.0769. The Labute approximate surface area is 160 Å². The van der Waals surface area contributed by atoms with Gasteiger partial charge < -0.3 is 10.5 Å². The monoisotopic (exact) mass is 391 g/mol. The smallest absolute Gasteiger partial charge is 0.306 e. The van der Waals surface area contributed by atoms with E-state index in [0.29, 0.717) is 19.3 Å². The number of carbonyl (C=O) groups is 1. The lowest BCUT2D eigenvalue weighted by molar-refractivity contribution is -0.145. The number of benzene rings is 2. The molecule has 0 aromatic heterocycles. The number of esters is 1. The van der Waals surface area contributed by atoms with E-state index in [2.05, 4.69) is 0 Å². The van der Waals surface area contributed by atoms with E-state index in [4.69, 9.17) is 14.7 Å². The molecule has 1 atom stereocenters. The SMILES string of the molecule is Cc1ccc(S(=O)(=O)OC(N)CCCCC(=O)OCc2ccccc2)cc1. The zero-order chi connectivity index (χ0) is 19.7. The van der Waals surface area contributed by atoms with Gasteiger partial charge in [-0.05, 0) is 43.9 Å². The van der Waals surface area contributed by atoms with Gasteiger partial charge in [-0.1, -0.05) is 48.0 Å². The van der Waals surface area contributed by atoms with Crippen molar-refractivity contribution >= 4 is 16.1 Å². The van der Waals surface area contributed by atoms with Gasteiger partial charge in [-0.2, -0.15) is 8.42 Å². The Morgan fingerprint density at radius 1 is 1.04 bits per heavy atom. The van der Waals surface area contributed by atoms with Crippen molar-refractivity contribution in [1.29, 1.82) is 0 Å². The summed E-state index contributed by atoms with van der Waals surface area (Å²) >= 11 is 0. The lowest BCUT2D eigenvalue weighted by atomic mass is 10.2. The molecule has 0 spiro atoms. The van der Waals surface area contributed by atoms with E-state index in [1.54, 1.807) is 12.1 Å². The third-order valence-electron chi connectivity index (χ3n) is 3.92. The van der Waals surface area contributed by atoms with Gasteiger partial charge in [-0.25, -0.2) is 4.18 Å². The third-order valence-corrected chi connectivity index (χ3v) is 5.27. The number of nitrogens with two attached hydrogens (primary N) is 1. The van der Waals surface area contributed by atoms with Crippen LogP contribution in [-0.4, -0.2) is 20.6 Å². The molecule has 0 aliphatic carbocycles. The molecule has 6 nitrogen and oxygen atoms in total. The van der Waals surface area contributed by atoms with Gasteiger partial charge in [-0.3, -0.25) is 4.79 Å². The van der Waals surface area contributed by atoms with Crippen molar-refractivity contribution in [2.45, 2.75) is 50.3 Å². The van der Waals surface area contributed by atoms with Gasteiger partial charge in [0.15, 0.2) is 0 Å². The molecule has 0 aliphatic rings. The number of carbonyl (C=O) groups excluding carboxylic acids is 1. The number of ether oxygens (including phenoxy) is 1. The third kappa shape index (κ3) is 7.50. The summed E-state index contributed by atoms with van der Waals surface area (Å²) in [7, 11) is -3.89. The molecule has 2 aromatic carbocycles. The topological polar surface area (TPSA) is 95.7 Å². The summed E-state index contributed by atoms with van der Waals surface area (Å²) in [5.41, 5.74) is 7.65. The predicted octanol–water partition coefficient (Wildman–Crippen LogP) is 3.29. The molecule has 0 saturated carbocycles. The molecule has 0 radical (unpaired) electrons. The molecule has 7 heteroatoms. The molecule has 0 bridgehead atoms. The summed E-state index contributed by atoms with van der Waals surface area (Å²) in [4.78, 5) is 11.8. The van der Waals surface area contributed by atoms with Gasteiger partial charge in [0.2, 0.25) is 0 Å². The van der Waals surface area contributed by atoms with E-state index in [-0.39, 0.29) is 23.9 Å². The minimum atomic E-state index is -3.89. The lowest BCUT2D eigenvalue weighted by Crippen LogP contribution is -2.27. The Kier molecular flexibility index (Phi) is 7.97. The van der Waals surface area contributed by atoms with Crippen LogP contribution in [0.5, 0.6) is 0 Å². The van der Waals surface area contributed by atoms with E-state index in [9.17, 15) is 13.2 Å². The summed E-state index contributed by atoms with van der Waals surface area (Å²) in [5.74, 6) is -0.291. The first kappa shape index (κ1) is 21.1. The Morgan fingerprint density at radius 2 is 1.70 bits per heavy atom. The van der Waals surface area contributed by atoms with Gasteiger partial charge in [0.25, 0.3) is 10.1 Å². The van der Waals surface area contributed by atoms with Crippen LogP contribution >= 0.6 is 0 Å². The highest BCUT2D eigenvalue weighted by Crippen LogP contribution is 2.16. The standard InChI is InChI=1S/C20H25NO5S/c1-16-11-13-18(14-12-16)27(23,24)26-19(21)9-5-6-10-20(22)25-15-17-7-3-2-4-8-17/h2-4,7-8,11-14,19H,5-6,9-10,15,21H2,1H3. The maximum absolute atomic E-state index is 12.1. The predicted molar refractivity (Wildman–Crippen MR) is 102 cm³/mol. The first-order valence-corrected chi connectivity index (χ1v) is 10.2. The lowest BCUT2D eigenvalue weighted by Gasteiger charge is -2.13. The van der Waals surface area contributed by atoms with Crippen molar-refractivity contribution in [3.63, 3.8) is 0 Å². The maximum Gasteiger partial charge on any atom is 0.306 e. The molecule has 0 aliphatic heterocycles. The molecular weight excluding hydrogens is 366 g/mol. The molecule has 1 unspecified atom stereocenters. The van der Waals surface area contributed by atoms with E-state index in [1.165, 1.54) is 12.1 Å². The molecule has 0 fully saturated rings. The van der Waals surface area contributed by atoms with Crippen LogP contribution < -0.4 is 5.73 Å². The number of unbranched alkanes of at least 4 members (excludes halogenated alkanes) is 1. The Bertz CT molecular complexity index is 819. The van der Waals surface area contributed by atoms with Crippen LogP contribution in [0, 0.1) is 6.92 Å². The van der Waals surface area contributed by atoms with Crippen LogP contribution in [0.4, 0.5) is 0 Å². The summed E-state index contributed by atoms with van der Waals surface area (Å²) in [6.07, 6.45) is 0.748. The fourth-order valence-corrected chi connectivity index (χ4v) is 3.40. The van der Waals surface area contributed by atoms with Crippen molar-refractivity contribution in [3.05, 3.63) is 65.7 Å². The summed E-state index contributed by atoms with van der Waals surface area (Å²) in [6.45, 7) is 2.12. The van der Waals surface area contributed by atoms with Crippen molar-refractivity contribution in [2.75, 3.05) is 0 Å². The summed E-state index contributed by atoms with van der Waals surface area (Å²) in [5, 5.41) is 0. The Morgan fingerprint density at radius 3 is 2.37 bits per heavy atom. The first-order valence-electron chi connectivity index (χ1n) is 8.82. The highest BCUT2D eigenvalue weighted by atomic mass is 32.2. The summed E-state index contributed by atoms with van der Waals surface area (Å²) in [6, 6.07) is 15.8. The zero-order valence-electron chi connectivity index (χ0n) is 15.3. The molecule has 27 heavy (non-hydrogen) atoms. The van der Waals surface area contributed by atoms with Crippen molar-refractivity contribution in [2.24, 2.45) is 5.73 Å². The second-order valence-electron chi connectivity index (χ2n) is 6.29. The Hall–Kier alpha value is -2.22. The molecule has 0 amide bonds. The number of hydrogen-bond acceptors (Lipinski definition) is 6. The van der Waals surface area contributed by atoms with Gasteiger partial charge in [0.05, 0.1) is 4.90 Å². The zero-order valence-corrected chi connectivity index (χ0v) is 16.2. The van der Waals surface area contributed by atoms with Crippen LogP contribution in [0.15, 0.2) is 59.5 Å². The fourth-order valence-electron chi connectivity index (χ4n) is 2.40. The molecular formula is C20H25NO5S. The molecule has 0 saturated heterocycles. The van der Waals surface area contributed by atoms with Gasteiger partial charge in [0.1, 0.15) is 12.8 Å². The van der Waals surface area contributed by atoms with Crippen LogP contribution in [0.3, 0.4) is 0 Å². The fraction of sp³-hybridized carbons (Fsp3) is 0.350. The molecule has 2 rings (SSSR count). The quantitative estimate of drug-likeness (QED) is 0.289. The molecule has 2 aromatic rings.